The third-order valence-corrected chi connectivity index (χ3v) is 5.36. The van der Waals surface area contributed by atoms with E-state index in [-0.39, 0.29) is 11.4 Å². The zero-order valence-electron chi connectivity index (χ0n) is 13.0. The average Bonchev–Trinajstić information content (AvgIpc) is 3.16. The lowest BCUT2D eigenvalue weighted by Gasteiger charge is -2.31. The summed E-state index contributed by atoms with van der Waals surface area (Å²) >= 11 is 0.975. The first-order valence-corrected chi connectivity index (χ1v) is 7.98. The van der Waals surface area contributed by atoms with Crippen LogP contribution in [-0.4, -0.2) is 57.1 Å². The first-order chi connectivity index (χ1) is 12.0. The minimum atomic E-state index is -1.85. The molecule has 1 N–H and O–H groups in total. The third kappa shape index (κ3) is 1.86. The van der Waals surface area contributed by atoms with E-state index in [0.717, 1.165) is 11.8 Å². The van der Waals surface area contributed by atoms with Crippen molar-refractivity contribution in [3.63, 3.8) is 0 Å². The van der Waals surface area contributed by atoms with E-state index in [0.29, 0.717) is 10.7 Å². The van der Waals surface area contributed by atoms with E-state index in [9.17, 15) is 14.4 Å². The number of methoxy groups -OCH3 is 2. The van der Waals surface area contributed by atoms with Crippen molar-refractivity contribution in [1.29, 1.82) is 0 Å². The van der Waals surface area contributed by atoms with Gasteiger partial charge in [0.05, 0.1) is 19.8 Å². The number of carbonyl (C=O) groups is 3. The Morgan fingerprint density at radius 1 is 1.28 bits per heavy atom. The molecule has 2 aliphatic heterocycles. The summed E-state index contributed by atoms with van der Waals surface area (Å²) in [4.78, 5) is 41.8. The summed E-state index contributed by atoms with van der Waals surface area (Å²) in [5, 5.41) is 9.93. The molecule has 11 heteroatoms. The summed E-state index contributed by atoms with van der Waals surface area (Å²) in [7, 11) is 2.37. The fourth-order valence-corrected chi connectivity index (χ4v) is 4.27. The van der Waals surface area contributed by atoms with Crippen LogP contribution in [-0.2, 0) is 24.7 Å². The number of nitrogens with one attached hydrogen (secondary N) is 1. The Hall–Kier alpha value is -2.95. The molecule has 1 amide bonds. The quantitative estimate of drug-likeness (QED) is 0.708. The minimum absolute atomic E-state index is 0.212. The SMILES string of the molecule is COC(=O)[C@@H]1Sc2nnc3n2[C@@]1(C(=O)OC)NC(=O)c1cnccc1-3. The van der Waals surface area contributed by atoms with Gasteiger partial charge in [0, 0.05) is 18.0 Å². The van der Waals surface area contributed by atoms with E-state index in [1.807, 2.05) is 0 Å². The van der Waals surface area contributed by atoms with Crippen LogP contribution in [0.3, 0.4) is 0 Å². The van der Waals surface area contributed by atoms with Gasteiger partial charge in [0.2, 0.25) is 5.66 Å². The molecule has 4 rings (SSSR count). The molecule has 0 aliphatic carbocycles. The van der Waals surface area contributed by atoms with Crippen molar-refractivity contribution >= 4 is 29.6 Å². The van der Waals surface area contributed by atoms with E-state index in [2.05, 4.69) is 20.5 Å². The smallest absolute Gasteiger partial charge is 0.355 e. The van der Waals surface area contributed by atoms with Gasteiger partial charge in [0.1, 0.15) is 0 Å². The van der Waals surface area contributed by atoms with Crippen LogP contribution in [0.2, 0.25) is 0 Å². The number of esters is 2. The van der Waals surface area contributed by atoms with Crippen molar-refractivity contribution < 1.29 is 23.9 Å². The first kappa shape index (κ1) is 15.6. The standard InChI is InChI=1S/C14H11N5O5S/c1-23-11(21)8-14(12(22)24-2)16-10(20)7-5-15-4-3-6(7)9-17-18-13(25-8)19(9)14/h3-5,8H,1-2H3,(H,16,20)/t8-,14-/m0/s1. The first-order valence-electron chi connectivity index (χ1n) is 7.10. The van der Waals surface area contributed by atoms with Crippen LogP contribution < -0.4 is 5.32 Å². The molecule has 0 saturated carbocycles. The maximum atomic E-state index is 12.8. The molecule has 4 heterocycles. The molecule has 25 heavy (non-hydrogen) atoms. The predicted octanol–water partition coefficient (Wildman–Crippen LogP) is -0.443. The fourth-order valence-electron chi connectivity index (χ4n) is 3.01. The average molecular weight is 361 g/mol. The topological polar surface area (TPSA) is 125 Å². The summed E-state index contributed by atoms with van der Waals surface area (Å²) in [6.45, 7) is 0. The van der Waals surface area contributed by atoms with Crippen LogP contribution in [0.1, 0.15) is 10.4 Å². The van der Waals surface area contributed by atoms with Gasteiger partial charge in [0.15, 0.2) is 16.2 Å². The predicted molar refractivity (Wildman–Crippen MR) is 82.4 cm³/mol. The van der Waals surface area contributed by atoms with Gasteiger partial charge in [0.25, 0.3) is 5.91 Å². The Bertz CT molecular complexity index is 928. The van der Waals surface area contributed by atoms with Crippen molar-refractivity contribution in [2.45, 2.75) is 16.1 Å². The Morgan fingerprint density at radius 2 is 2.08 bits per heavy atom. The Balaban J connectivity index is 2.05. The molecule has 128 valence electrons. The molecular weight excluding hydrogens is 350 g/mol. The minimum Gasteiger partial charge on any atom is -0.468 e. The monoisotopic (exact) mass is 361 g/mol. The zero-order valence-corrected chi connectivity index (χ0v) is 13.9. The van der Waals surface area contributed by atoms with E-state index in [1.165, 1.54) is 31.2 Å². The molecule has 0 saturated heterocycles. The van der Waals surface area contributed by atoms with E-state index < -0.39 is 28.8 Å². The number of hydrogen-bond acceptors (Lipinski definition) is 9. The molecule has 2 aliphatic rings. The molecule has 0 bridgehead atoms. The highest BCUT2D eigenvalue weighted by molar-refractivity contribution is 8.00. The number of carbonyl (C=O) groups excluding carboxylic acids is 3. The van der Waals surface area contributed by atoms with E-state index >= 15 is 0 Å². The van der Waals surface area contributed by atoms with Crippen molar-refractivity contribution in [1.82, 2.24) is 25.1 Å². The molecule has 0 unspecified atom stereocenters. The fraction of sp³-hybridized carbons (Fsp3) is 0.286. The summed E-state index contributed by atoms with van der Waals surface area (Å²) in [6.07, 6.45) is 2.86. The Labute approximate surface area is 144 Å². The summed E-state index contributed by atoms with van der Waals surface area (Å²) in [5.74, 6) is -1.85. The van der Waals surface area contributed by atoms with Crippen molar-refractivity contribution in [3.05, 3.63) is 24.0 Å². The van der Waals surface area contributed by atoms with Crippen LogP contribution >= 0.6 is 11.8 Å². The Kier molecular flexibility index (Phi) is 3.29. The number of ether oxygens (including phenoxy) is 2. The van der Waals surface area contributed by atoms with E-state index in [1.54, 1.807) is 6.07 Å². The van der Waals surface area contributed by atoms with Gasteiger partial charge in [-0.2, -0.15) is 0 Å². The molecule has 2 aromatic heterocycles. The number of thioether (sulfide) groups is 1. The summed E-state index contributed by atoms with van der Waals surface area (Å²) < 4.78 is 11.1. The number of amides is 1. The van der Waals surface area contributed by atoms with Gasteiger partial charge in [-0.1, -0.05) is 11.8 Å². The number of nitrogens with zero attached hydrogens (tertiary/aromatic N) is 4. The van der Waals surface area contributed by atoms with Crippen LogP contribution in [0.15, 0.2) is 23.6 Å². The molecule has 2 aromatic rings. The van der Waals surface area contributed by atoms with Crippen LogP contribution in [0.4, 0.5) is 0 Å². The lowest BCUT2D eigenvalue weighted by atomic mass is 10.0. The summed E-state index contributed by atoms with van der Waals surface area (Å²) in [6, 6.07) is 1.59. The Morgan fingerprint density at radius 3 is 2.80 bits per heavy atom. The molecular formula is C14H11N5O5S. The lowest BCUT2D eigenvalue weighted by molar-refractivity contribution is -0.158. The highest BCUT2D eigenvalue weighted by Crippen LogP contribution is 2.47. The van der Waals surface area contributed by atoms with Gasteiger partial charge >= 0.3 is 11.9 Å². The number of rotatable bonds is 2. The number of fused-ring (bicyclic) bond motifs is 2. The maximum absolute atomic E-state index is 12.8. The van der Waals surface area contributed by atoms with Crippen LogP contribution in [0, 0.1) is 0 Å². The zero-order chi connectivity index (χ0) is 17.8. The highest BCUT2D eigenvalue weighted by atomic mass is 32.2. The van der Waals surface area contributed by atoms with Gasteiger partial charge in [-0.25, -0.2) is 4.79 Å². The number of hydrogen-bond donors (Lipinski definition) is 1. The molecule has 2 atom stereocenters. The number of aromatic nitrogens is 4. The number of pyridine rings is 1. The van der Waals surface area contributed by atoms with Gasteiger partial charge in [-0.15, -0.1) is 10.2 Å². The second-order valence-electron chi connectivity index (χ2n) is 5.30. The summed E-state index contributed by atoms with van der Waals surface area (Å²) in [5.41, 5.74) is -1.19. The van der Waals surface area contributed by atoms with Crippen LogP contribution in [0.25, 0.3) is 11.4 Å². The molecule has 0 fully saturated rings. The maximum Gasteiger partial charge on any atom is 0.355 e. The second kappa shape index (κ2) is 5.28. The third-order valence-electron chi connectivity index (χ3n) is 4.11. The normalized spacial score (nSPS) is 23.1. The molecule has 0 spiro atoms. The molecule has 0 radical (unpaired) electrons. The van der Waals surface area contributed by atoms with Gasteiger partial charge in [-0.3, -0.25) is 19.1 Å². The molecule has 0 aromatic carbocycles. The van der Waals surface area contributed by atoms with Crippen molar-refractivity contribution in [2.75, 3.05) is 14.2 Å². The lowest BCUT2D eigenvalue weighted by Crippen LogP contribution is -2.62. The van der Waals surface area contributed by atoms with Crippen molar-refractivity contribution in [3.8, 4) is 11.4 Å². The largest absolute Gasteiger partial charge is 0.468 e. The van der Waals surface area contributed by atoms with Gasteiger partial charge in [-0.05, 0) is 6.07 Å². The van der Waals surface area contributed by atoms with E-state index in [4.69, 9.17) is 9.47 Å². The highest BCUT2D eigenvalue weighted by Gasteiger charge is 2.62. The van der Waals surface area contributed by atoms with Crippen LogP contribution in [0.5, 0.6) is 0 Å². The second-order valence-corrected chi connectivity index (χ2v) is 6.37. The molecule has 10 nitrogen and oxygen atoms in total. The van der Waals surface area contributed by atoms with Gasteiger partial charge < -0.3 is 14.8 Å². The van der Waals surface area contributed by atoms with Crippen molar-refractivity contribution in [2.24, 2.45) is 0 Å².